The van der Waals surface area contributed by atoms with Gasteiger partial charge in [-0.2, -0.15) is 14.9 Å². The van der Waals surface area contributed by atoms with Crippen molar-refractivity contribution >= 4 is 23.2 Å². The predicted molar refractivity (Wildman–Crippen MR) is 102 cm³/mol. The van der Waals surface area contributed by atoms with Crippen LogP contribution in [-0.4, -0.2) is 29.9 Å². The molecule has 13 heteroatoms. The maximum atomic E-state index is 12.1. The van der Waals surface area contributed by atoms with E-state index in [4.69, 9.17) is 35.9 Å². The molecule has 0 saturated carbocycles. The highest BCUT2D eigenvalue weighted by Crippen LogP contribution is 2.37. The van der Waals surface area contributed by atoms with Crippen LogP contribution in [0.25, 0.3) is 5.69 Å². The van der Waals surface area contributed by atoms with Gasteiger partial charge in [0.15, 0.2) is 5.75 Å². The standard InChI is InChI=1S/C16H11Cl2N7O4/c1-6(2)11-14(27)22-23-15(20-11)29-12-8(17)3-7(4-9(12)18)25-16(28)21-13(26)10(5-19)24-25/h3-4,6H,1-2H3,(H,22,27)(H,21,26,28)/i3D,4D. The molecule has 0 bridgehead atoms. The van der Waals surface area contributed by atoms with Gasteiger partial charge in [0.25, 0.3) is 11.1 Å². The van der Waals surface area contributed by atoms with Crippen LogP contribution < -0.4 is 21.5 Å². The molecule has 0 saturated heterocycles. The fourth-order valence-corrected chi connectivity index (χ4v) is 2.63. The van der Waals surface area contributed by atoms with Gasteiger partial charge in [0, 0.05) is 5.92 Å². The fourth-order valence-electron chi connectivity index (χ4n) is 2.13. The smallest absolute Gasteiger partial charge is 0.349 e. The van der Waals surface area contributed by atoms with Gasteiger partial charge in [-0.1, -0.05) is 37.0 Å². The molecule has 0 radical (unpaired) electrons. The summed E-state index contributed by atoms with van der Waals surface area (Å²) in [5.74, 6) is -0.629. The van der Waals surface area contributed by atoms with E-state index >= 15 is 0 Å². The van der Waals surface area contributed by atoms with E-state index < -0.39 is 50.3 Å². The van der Waals surface area contributed by atoms with Gasteiger partial charge in [0.05, 0.1) is 18.5 Å². The van der Waals surface area contributed by atoms with Crippen molar-refractivity contribution in [3.63, 3.8) is 0 Å². The molecule has 0 unspecified atom stereocenters. The first-order chi connectivity index (χ1) is 14.6. The lowest BCUT2D eigenvalue weighted by atomic mass is 10.1. The van der Waals surface area contributed by atoms with Crippen molar-refractivity contribution < 1.29 is 7.48 Å². The van der Waals surface area contributed by atoms with E-state index in [1.807, 2.05) is 4.98 Å². The molecule has 0 aliphatic carbocycles. The molecule has 0 spiro atoms. The lowest BCUT2D eigenvalue weighted by Gasteiger charge is -2.11. The van der Waals surface area contributed by atoms with Crippen LogP contribution in [0.15, 0.2) is 26.5 Å². The molecular weight excluding hydrogens is 425 g/mol. The number of halogens is 2. The zero-order chi connectivity index (χ0) is 23.0. The second kappa shape index (κ2) is 7.86. The Morgan fingerprint density at radius 3 is 2.48 bits per heavy atom. The number of aromatic amines is 2. The highest BCUT2D eigenvalue weighted by atomic mass is 35.5. The molecule has 148 valence electrons. The average Bonchev–Trinajstić information content (AvgIpc) is 2.72. The Morgan fingerprint density at radius 2 is 1.90 bits per heavy atom. The molecular formula is C16H11Cl2N7O4. The van der Waals surface area contributed by atoms with Gasteiger partial charge in [-0.05, 0) is 12.1 Å². The van der Waals surface area contributed by atoms with Gasteiger partial charge < -0.3 is 4.74 Å². The van der Waals surface area contributed by atoms with E-state index in [1.165, 1.54) is 6.07 Å². The first kappa shape index (κ1) is 17.6. The van der Waals surface area contributed by atoms with Crippen LogP contribution in [0.2, 0.25) is 10.0 Å². The SMILES string of the molecule is [2H]c1c(Cl)c(Oc2n[nH]c(=O)c(C(C)C)n2)c(Cl)c([2H])c1-n1nc(C#N)c(=O)[nH]c1=O. The zero-order valence-corrected chi connectivity index (χ0v) is 16.2. The molecule has 3 rings (SSSR count). The zero-order valence-electron chi connectivity index (χ0n) is 16.7. The number of H-pyrrole nitrogens is 2. The van der Waals surface area contributed by atoms with Gasteiger partial charge in [-0.25, -0.2) is 9.89 Å². The Balaban J connectivity index is 2.20. The predicted octanol–water partition coefficient (Wildman–Crippen LogP) is 1.49. The Labute approximate surface area is 174 Å². The minimum atomic E-state index is -1.11. The van der Waals surface area contributed by atoms with Gasteiger partial charge in [0.2, 0.25) is 5.69 Å². The molecule has 3 aromatic rings. The second-order valence-corrected chi connectivity index (χ2v) is 6.53. The van der Waals surface area contributed by atoms with Crippen molar-refractivity contribution in [1.82, 2.24) is 29.9 Å². The van der Waals surface area contributed by atoms with Crippen LogP contribution in [0.3, 0.4) is 0 Å². The lowest BCUT2D eigenvalue weighted by Crippen LogP contribution is -2.33. The fraction of sp³-hybridized carbons (Fsp3) is 0.188. The van der Waals surface area contributed by atoms with E-state index in [9.17, 15) is 14.4 Å². The second-order valence-electron chi connectivity index (χ2n) is 5.78. The normalized spacial score (nSPS) is 11.7. The number of rotatable bonds is 4. The minimum absolute atomic E-state index is 0.124. The highest BCUT2D eigenvalue weighted by Gasteiger charge is 2.17. The third-order valence-corrected chi connectivity index (χ3v) is 3.97. The summed E-state index contributed by atoms with van der Waals surface area (Å²) in [5, 5.41) is 17.5. The quantitative estimate of drug-likeness (QED) is 0.620. The summed E-state index contributed by atoms with van der Waals surface area (Å²) in [4.78, 5) is 41.3. The molecule has 2 N–H and O–H groups in total. The number of aromatic nitrogens is 6. The average molecular weight is 438 g/mol. The summed E-state index contributed by atoms with van der Waals surface area (Å²) >= 11 is 12.4. The third kappa shape index (κ3) is 4.03. The molecule has 0 aliphatic heterocycles. The first-order valence-corrected chi connectivity index (χ1v) is 8.59. The van der Waals surface area contributed by atoms with E-state index in [0.717, 1.165) is 0 Å². The Morgan fingerprint density at radius 1 is 1.24 bits per heavy atom. The van der Waals surface area contributed by atoms with Crippen LogP contribution in [0.5, 0.6) is 11.8 Å². The monoisotopic (exact) mass is 437 g/mol. The van der Waals surface area contributed by atoms with Crippen molar-refractivity contribution in [2.75, 3.05) is 0 Å². The van der Waals surface area contributed by atoms with Crippen molar-refractivity contribution in [2.24, 2.45) is 0 Å². The highest BCUT2D eigenvalue weighted by molar-refractivity contribution is 6.37. The molecule has 2 aromatic heterocycles. The van der Waals surface area contributed by atoms with Gasteiger partial charge >= 0.3 is 11.7 Å². The van der Waals surface area contributed by atoms with Crippen molar-refractivity contribution in [3.8, 4) is 23.5 Å². The lowest BCUT2D eigenvalue weighted by molar-refractivity contribution is 0.427. The summed E-state index contributed by atoms with van der Waals surface area (Å²) in [6, 6.07) is -0.0651. The summed E-state index contributed by atoms with van der Waals surface area (Å²) in [6.07, 6.45) is 0. The topological polar surface area (TPSA) is 159 Å². The summed E-state index contributed by atoms with van der Waals surface area (Å²) < 4.78 is 22.3. The molecule has 0 aliphatic rings. The summed E-state index contributed by atoms with van der Waals surface area (Å²) in [7, 11) is 0. The van der Waals surface area contributed by atoms with Crippen LogP contribution in [0.1, 0.15) is 33.9 Å². The molecule has 11 nitrogen and oxygen atoms in total. The number of nitrogens with one attached hydrogen (secondary N) is 2. The molecule has 0 atom stereocenters. The van der Waals surface area contributed by atoms with Crippen LogP contribution in [0.4, 0.5) is 0 Å². The number of hydrogen-bond donors (Lipinski definition) is 2. The molecule has 2 heterocycles. The Kier molecular flexibility index (Phi) is 4.77. The number of hydrogen-bond acceptors (Lipinski definition) is 8. The number of ether oxygens (including phenoxy) is 1. The molecule has 0 fully saturated rings. The van der Waals surface area contributed by atoms with Crippen molar-refractivity contribution in [1.29, 1.82) is 5.26 Å². The van der Waals surface area contributed by atoms with E-state index in [2.05, 4.69) is 20.3 Å². The van der Waals surface area contributed by atoms with E-state index in [1.54, 1.807) is 13.8 Å². The minimum Gasteiger partial charge on any atom is -0.420 e. The van der Waals surface area contributed by atoms with Crippen LogP contribution >= 0.6 is 23.2 Å². The summed E-state index contributed by atoms with van der Waals surface area (Å²) in [6.45, 7) is 3.45. The largest absolute Gasteiger partial charge is 0.420 e. The van der Waals surface area contributed by atoms with Crippen molar-refractivity contribution in [2.45, 2.75) is 19.8 Å². The molecule has 29 heavy (non-hydrogen) atoms. The first-order valence-electron chi connectivity index (χ1n) is 8.83. The number of nitrogens with zero attached hydrogens (tertiary/aromatic N) is 5. The van der Waals surface area contributed by atoms with Crippen molar-refractivity contribution in [3.05, 3.63) is 64.7 Å². The maximum absolute atomic E-state index is 12.1. The molecule has 0 amide bonds. The summed E-state index contributed by atoms with van der Waals surface area (Å²) in [5.41, 5.74) is -3.71. The van der Waals surface area contributed by atoms with Crippen LogP contribution in [-0.2, 0) is 0 Å². The Bertz CT molecular complexity index is 1400. The Hall–Kier alpha value is -3.49. The number of benzene rings is 1. The molecule has 1 aromatic carbocycles. The third-order valence-electron chi connectivity index (χ3n) is 3.44. The maximum Gasteiger partial charge on any atom is 0.349 e. The van der Waals surface area contributed by atoms with E-state index in [0.29, 0.717) is 4.68 Å². The van der Waals surface area contributed by atoms with Gasteiger partial charge in [-0.15, -0.1) is 10.2 Å². The van der Waals surface area contributed by atoms with Gasteiger partial charge in [-0.3, -0.25) is 14.6 Å². The van der Waals surface area contributed by atoms with Crippen LogP contribution in [0, 0.1) is 11.3 Å². The number of nitriles is 1. The van der Waals surface area contributed by atoms with E-state index in [-0.39, 0.29) is 23.4 Å². The van der Waals surface area contributed by atoms with Gasteiger partial charge in [0.1, 0.15) is 11.8 Å².